The number of likely N-dealkylation sites (N-methyl/N-ethyl adjacent to an activating group) is 2. The average Bonchev–Trinajstić information content (AvgIpc) is 3.10. The molecule has 2 amide bonds. The van der Waals surface area contributed by atoms with Crippen LogP contribution in [-0.4, -0.2) is 41.1 Å². The zero-order valence-corrected chi connectivity index (χ0v) is 16.3. The van der Waals surface area contributed by atoms with E-state index in [9.17, 15) is 9.59 Å². The van der Waals surface area contributed by atoms with Crippen molar-refractivity contribution in [3.05, 3.63) is 46.6 Å². The zero-order valence-electron chi connectivity index (χ0n) is 14.7. The topological polar surface area (TPSA) is 125 Å². The minimum atomic E-state index is -0.468. The van der Waals surface area contributed by atoms with Gasteiger partial charge in [-0.15, -0.1) is 0 Å². The highest BCUT2D eigenvalue weighted by Gasteiger charge is 2.19. The lowest BCUT2D eigenvalue weighted by atomic mass is 10.1. The van der Waals surface area contributed by atoms with Crippen LogP contribution >= 0.6 is 23.8 Å². The molecule has 0 unspecified atom stereocenters. The number of nitrogens with one attached hydrogen (secondary N) is 4. The molecule has 0 saturated heterocycles. The molecular weight excluding hydrogens is 388 g/mol. The van der Waals surface area contributed by atoms with Gasteiger partial charge in [0.25, 0.3) is 5.91 Å². The molecule has 6 N–H and O–H groups in total. The Balaban J connectivity index is 2.11. The number of halogens is 1. The van der Waals surface area contributed by atoms with Crippen molar-refractivity contribution in [2.75, 3.05) is 19.4 Å². The molecule has 27 heavy (non-hydrogen) atoms. The number of thiocarbonyl (C=S) groups is 1. The van der Waals surface area contributed by atoms with Gasteiger partial charge in [-0.25, -0.2) is 0 Å². The van der Waals surface area contributed by atoms with Gasteiger partial charge >= 0.3 is 0 Å². The van der Waals surface area contributed by atoms with Crippen LogP contribution in [0.1, 0.15) is 6.42 Å². The van der Waals surface area contributed by atoms with Crippen LogP contribution in [0.3, 0.4) is 0 Å². The van der Waals surface area contributed by atoms with Crippen LogP contribution in [0.2, 0.25) is 5.02 Å². The van der Waals surface area contributed by atoms with Gasteiger partial charge < -0.3 is 21.7 Å². The first kappa shape index (κ1) is 20.4. The summed E-state index contributed by atoms with van der Waals surface area (Å²) >= 11 is 10.9. The lowest BCUT2D eigenvalue weighted by Gasteiger charge is -2.11. The number of carbonyl (C=O) groups is 2. The van der Waals surface area contributed by atoms with Gasteiger partial charge in [0.05, 0.1) is 17.7 Å². The first-order chi connectivity index (χ1) is 12.8. The Morgan fingerprint density at radius 3 is 2.48 bits per heavy atom. The van der Waals surface area contributed by atoms with Crippen molar-refractivity contribution in [3.8, 4) is 11.3 Å². The summed E-state index contributed by atoms with van der Waals surface area (Å²) in [5.41, 5.74) is 7.63. The number of rotatable bonds is 6. The monoisotopic (exact) mass is 406 g/mol. The summed E-state index contributed by atoms with van der Waals surface area (Å²) in [4.78, 5) is 24.3. The Morgan fingerprint density at radius 2 is 1.89 bits per heavy atom. The van der Waals surface area contributed by atoms with Crippen molar-refractivity contribution < 1.29 is 9.59 Å². The molecule has 0 aliphatic heterocycles. The van der Waals surface area contributed by atoms with Crippen LogP contribution in [0, 0.1) is 0 Å². The number of hydrogen-bond donors (Lipinski definition) is 5. The van der Waals surface area contributed by atoms with Crippen molar-refractivity contribution in [2.45, 2.75) is 6.42 Å². The highest BCUT2D eigenvalue weighted by atomic mass is 35.5. The number of H-pyrrole nitrogens is 1. The van der Waals surface area contributed by atoms with E-state index in [0.717, 1.165) is 5.56 Å². The van der Waals surface area contributed by atoms with Crippen molar-refractivity contribution >= 4 is 46.4 Å². The maximum Gasteiger partial charge on any atom is 0.255 e. The summed E-state index contributed by atoms with van der Waals surface area (Å²) in [5, 5.41) is 15.3. The van der Waals surface area contributed by atoms with E-state index in [1.54, 1.807) is 25.2 Å². The minimum absolute atomic E-state index is 0.0552. The van der Waals surface area contributed by atoms with Crippen LogP contribution in [0.15, 0.2) is 41.6 Å². The van der Waals surface area contributed by atoms with Crippen LogP contribution in [0.4, 0.5) is 5.82 Å². The zero-order chi connectivity index (χ0) is 20.0. The molecule has 2 rings (SSSR count). The van der Waals surface area contributed by atoms with Gasteiger partial charge in [-0.1, -0.05) is 36.0 Å². The molecule has 0 fully saturated rings. The van der Waals surface area contributed by atoms with E-state index in [2.05, 4.69) is 26.1 Å². The third-order valence-corrected chi connectivity index (χ3v) is 4.24. The molecule has 1 aromatic heterocycles. The van der Waals surface area contributed by atoms with Gasteiger partial charge in [0, 0.05) is 30.9 Å². The van der Waals surface area contributed by atoms with Crippen LogP contribution < -0.4 is 21.7 Å². The molecule has 0 saturated carbocycles. The highest BCUT2D eigenvalue weighted by molar-refractivity contribution is 7.80. The lowest BCUT2D eigenvalue weighted by molar-refractivity contribution is -0.116. The molecule has 2 aromatic rings. The van der Waals surface area contributed by atoms with Gasteiger partial charge in [-0.3, -0.25) is 14.7 Å². The molecule has 1 aromatic carbocycles. The van der Waals surface area contributed by atoms with Gasteiger partial charge in [-0.2, -0.15) is 5.10 Å². The fraction of sp³-hybridized carbons (Fsp3) is 0.176. The normalized spacial score (nSPS) is 11.4. The van der Waals surface area contributed by atoms with Gasteiger partial charge in [0.15, 0.2) is 5.82 Å². The SMILES string of the molecule is CNC(=O)C(C(=S)NC)=C(N)CC(=O)Nc1cc(-c2ccc(Cl)cc2)[nH]n1. The Hall–Kier alpha value is -2.91. The number of aromatic amines is 1. The lowest BCUT2D eigenvalue weighted by Crippen LogP contribution is -2.33. The summed E-state index contributed by atoms with van der Waals surface area (Å²) in [5.74, 6) is -0.568. The van der Waals surface area contributed by atoms with Crippen molar-refractivity contribution in [1.29, 1.82) is 0 Å². The molecule has 0 spiro atoms. The average molecular weight is 407 g/mol. The van der Waals surface area contributed by atoms with E-state index in [-0.39, 0.29) is 22.7 Å². The van der Waals surface area contributed by atoms with Crippen molar-refractivity contribution in [2.24, 2.45) is 5.73 Å². The largest absolute Gasteiger partial charge is 0.401 e. The van der Waals surface area contributed by atoms with Crippen LogP contribution in [0.5, 0.6) is 0 Å². The Bertz CT molecular complexity index is 873. The molecule has 142 valence electrons. The summed E-state index contributed by atoms with van der Waals surface area (Å²) in [6.45, 7) is 0. The standard InChI is InChI=1S/C17H19ClN6O2S/c1-20-16(26)15(17(27)21-2)11(19)7-14(25)22-13-8-12(23-24-13)9-3-5-10(18)6-4-9/h3-6,8H,7,19H2,1-2H3,(H,20,26)(H,21,27)(H2,22,23,24,25). The number of aromatic nitrogens is 2. The fourth-order valence-electron chi connectivity index (χ4n) is 2.26. The third kappa shape index (κ3) is 5.28. The molecule has 0 aliphatic rings. The predicted octanol–water partition coefficient (Wildman–Crippen LogP) is 1.56. The van der Waals surface area contributed by atoms with Gasteiger partial charge in [0.1, 0.15) is 4.99 Å². The molecule has 0 aliphatic carbocycles. The number of anilines is 1. The second-order valence-corrected chi connectivity index (χ2v) is 6.30. The second-order valence-electron chi connectivity index (χ2n) is 5.46. The number of nitrogens with zero attached hydrogens (tertiary/aromatic N) is 1. The summed E-state index contributed by atoms with van der Waals surface area (Å²) in [7, 11) is 3.02. The van der Waals surface area contributed by atoms with E-state index in [1.165, 1.54) is 7.05 Å². The van der Waals surface area contributed by atoms with Crippen LogP contribution in [0.25, 0.3) is 11.3 Å². The maximum absolute atomic E-state index is 12.2. The highest BCUT2D eigenvalue weighted by Crippen LogP contribution is 2.21. The smallest absolute Gasteiger partial charge is 0.255 e. The molecule has 0 atom stereocenters. The number of carbonyl (C=O) groups excluding carboxylic acids is 2. The van der Waals surface area contributed by atoms with Crippen molar-refractivity contribution in [3.63, 3.8) is 0 Å². The van der Waals surface area contributed by atoms with E-state index in [1.807, 2.05) is 12.1 Å². The summed E-state index contributed by atoms with van der Waals surface area (Å²) in [6.07, 6.45) is -0.215. The first-order valence-corrected chi connectivity index (χ1v) is 8.68. The Labute approximate surface area is 166 Å². The molecule has 8 nitrogen and oxygen atoms in total. The number of benzene rings is 1. The maximum atomic E-state index is 12.2. The van der Waals surface area contributed by atoms with E-state index >= 15 is 0 Å². The van der Waals surface area contributed by atoms with Crippen molar-refractivity contribution in [1.82, 2.24) is 20.8 Å². The fourth-order valence-corrected chi connectivity index (χ4v) is 2.61. The molecule has 1 heterocycles. The number of amides is 2. The molecular formula is C17H19ClN6O2S. The number of hydrogen-bond acceptors (Lipinski definition) is 5. The second kappa shape index (κ2) is 9.15. The summed E-state index contributed by atoms with van der Waals surface area (Å²) < 4.78 is 0. The Kier molecular flexibility index (Phi) is 6.91. The van der Waals surface area contributed by atoms with Gasteiger partial charge in [-0.05, 0) is 17.7 Å². The third-order valence-electron chi connectivity index (χ3n) is 3.58. The van der Waals surface area contributed by atoms with E-state index in [0.29, 0.717) is 16.5 Å². The molecule has 10 heteroatoms. The molecule has 0 bridgehead atoms. The first-order valence-electron chi connectivity index (χ1n) is 7.89. The summed E-state index contributed by atoms with van der Waals surface area (Å²) in [6, 6.07) is 8.85. The Morgan fingerprint density at radius 1 is 1.22 bits per heavy atom. The number of nitrogens with two attached hydrogens (primary N) is 1. The predicted molar refractivity (Wildman–Crippen MR) is 109 cm³/mol. The van der Waals surface area contributed by atoms with Crippen LogP contribution in [-0.2, 0) is 9.59 Å². The van der Waals surface area contributed by atoms with E-state index in [4.69, 9.17) is 29.6 Å². The minimum Gasteiger partial charge on any atom is -0.401 e. The van der Waals surface area contributed by atoms with Gasteiger partial charge in [0.2, 0.25) is 5.91 Å². The molecule has 0 radical (unpaired) electrons. The quantitative estimate of drug-likeness (QED) is 0.366. The van der Waals surface area contributed by atoms with E-state index < -0.39 is 11.8 Å².